The van der Waals surface area contributed by atoms with Crippen LogP contribution in [0.3, 0.4) is 0 Å². The molecule has 0 spiro atoms. The van der Waals surface area contributed by atoms with Crippen molar-refractivity contribution in [3.05, 3.63) is 124 Å². The Morgan fingerprint density at radius 3 is 2.58 bits per heavy atom. The van der Waals surface area contributed by atoms with E-state index in [9.17, 15) is 14.3 Å². The van der Waals surface area contributed by atoms with Gasteiger partial charge >= 0.3 is 5.97 Å². The lowest BCUT2D eigenvalue weighted by atomic mass is 9.87. The van der Waals surface area contributed by atoms with Gasteiger partial charge in [-0.05, 0) is 91.1 Å². The molecular formula is C48H48ClFN6O7S. The zero-order chi connectivity index (χ0) is 44.7. The lowest BCUT2D eigenvalue weighted by molar-refractivity contribution is -0.145. The third-order valence-corrected chi connectivity index (χ3v) is 12.7. The topological polar surface area (TPSA) is 141 Å². The van der Waals surface area contributed by atoms with Gasteiger partial charge in [0.1, 0.15) is 42.0 Å². The van der Waals surface area contributed by atoms with Crippen LogP contribution in [0.4, 0.5) is 4.39 Å². The molecule has 3 aromatic carbocycles. The van der Waals surface area contributed by atoms with Crippen molar-refractivity contribution >= 4 is 44.8 Å². The number of nitrogens with zero attached hydrogens (tertiary/aromatic N) is 6. The van der Waals surface area contributed by atoms with Gasteiger partial charge in [0.15, 0.2) is 5.82 Å². The Balaban J connectivity index is 1.09. The molecule has 1 aliphatic carbocycles. The standard InChI is InChI=1S/C48H48ClFN6O7S/c1-29-35(13-15-39(44(29)49)61-23-22-56-20-18-55(2)19-21-56)42-43-41(27-52-45(42)31-9-7-10-34(24-31)59-3)64-54-47(43)63-40(48(57)58)25-30-8-5-6-11-37(30)62-28-33-16-17-51-46(53-33)36-26-32(50)12-14-38(36)60-4/h5-12,14,16-17,24,26-27,40H,13,15,18-23,25,28H2,1-4H3,(H,57,58)/t40-/m1/s1. The van der Waals surface area contributed by atoms with E-state index in [1.54, 1.807) is 43.8 Å². The second-order valence-electron chi connectivity index (χ2n) is 15.5. The van der Waals surface area contributed by atoms with Gasteiger partial charge in [-0.1, -0.05) is 41.9 Å². The number of allylic oxidation sites excluding steroid dienone is 4. The van der Waals surface area contributed by atoms with E-state index in [-0.39, 0.29) is 24.7 Å². The summed E-state index contributed by atoms with van der Waals surface area (Å²) in [5, 5.41) is 11.9. The van der Waals surface area contributed by atoms with Gasteiger partial charge in [-0.3, -0.25) is 9.88 Å². The van der Waals surface area contributed by atoms with E-state index in [1.165, 1.54) is 36.8 Å². The number of carbonyl (C=O) groups is 1. The molecule has 4 heterocycles. The number of halogens is 2. The van der Waals surface area contributed by atoms with Crippen LogP contribution in [0, 0.1) is 5.82 Å². The van der Waals surface area contributed by atoms with Gasteiger partial charge in [-0.2, -0.15) is 4.37 Å². The van der Waals surface area contributed by atoms with E-state index in [0.717, 1.165) is 65.5 Å². The van der Waals surface area contributed by atoms with E-state index < -0.39 is 17.9 Å². The molecule has 2 aliphatic rings. The maximum Gasteiger partial charge on any atom is 0.345 e. The third-order valence-electron chi connectivity index (χ3n) is 11.4. The minimum Gasteiger partial charge on any atom is -0.497 e. The van der Waals surface area contributed by atoms with Gasteiger partial charge in [-0.25, -0.2) is 19.2 Å². The smallest absolute Gasteiger partial charge is 0.345 e. The lowest BCUT2D eigenvalue weighted by Gasteiger charge is -2.32. The number of ether oxygens (including phenoxy) is 5. The molecular weight excluding hydrogens is 859 g/mol. The number of likely N-dealkylation sites (N-methyl/N-ethyl adjacent to an activating group) is 1. The van der Waals surface area contributed by atoms with E-state index in [1.807, 2.05) is 37.3 Å². The molecule has 1 N–H and O–H groups in total. The van der Waals surface area contributed by atoms with Gasteiger partial charge in [0, 0.05) is 69.1 Å². The van der Waals surface area contributed by atoms with E-state index in [0.29, 0.717) is 69.6 Å². The van der Waals surface area contributed by atoms with Crippen molar-refractivity contribution in [1.82, 2.24) is 29.1 Å². The van der Waals surface area contributed by atoms with Crippen LogP contribution in [-0.4, -0.2) is 107 Å². The van der Waals surface area contributed by atoms with Crippen molar-refractivity contribution in [1.29, 1.82) is 0 Å². The number of hydrogen-bond acceptors (Lipinski definition) is 13. The summed E-state index contributed by atoms with van der Waals surface area (Å²) in [7, 11) is 5.25. The maximum atomic E-state index is 14.2. The predicted molar refractivity (Wildman–Crippen MR) is 245 cm³/mol. The Hall–Kier alpha value is -6.13. The zero-order valence-corrected chi connectivity index (χ0v) is 37.5. The highest BCUT2D eigenvalue weighted by Crippen LogP contribution is 2.47. The van der Waals surface area contributed by atoms with Crippen molar-refractivity contribution in [3.8, 4) is 45.8 Å². The molecule has 8 rings (SSSR count). The molecule has 1 aliphatic heterocycles. The molecule has 0 bridgehead atoms. The van der Waals surface area contributed by atoms with Crippen LogP contribution in [-0.2, 0) is 22.6 Å². The van der Waals surface area contributed by atoms with Crippen molar-refractivity contribution in [3.63, 3.8) is 0 Å². The zero-order valence-electron chi connectivity index (χ0n) is 36.0. The second-order valence-corrected chi connectivity index (χ2v) is 16.7. The highest BCUT2D eigenvalue weighted by molar-refractivity contribution is 7.13. The third kappa shape index (κ3) is 9.97. The number of benzene rings is 3. The van der Waals surface area contributed by atoms with E-state index in [2.05, 4.69) is 26.8 Å². The number of aliphatic carboxylic acids is 1. The van der Waals surface area contributed by atoms with E-state index >= 15 is 0 Å². The van der Waals surface area contributed by atoms with Gasteiger partial charge in [0.05, 0.1) is 46.3 Å². The molecule has 0 unspecified atom stereocenters. The number of methoxy groups -OCH3 is 2. The first kappa shape index (κ1) is 44.5. The Morgan fingerprint density at radius 2 is 1.78 bits per heavy atom. The molecule has 6 aromatic rings. The summed E-state index contributed by atoms with van der Waals surface area (Å²) in [5.41, 5.74) is 5.50. The normalized spacial score (nSPS) is 15.3. The summed E-state index contributed by atoms with van der Waals surface area (Å²) in [4.78, 5) is 31.7. The summed E-state index contributed by atoms with van der Waals surface area (Å²) >= 11 is 8.34. The average molecular weight is 907 g/mol. The highest BCUT2D eigenvalue weighted by Gasteiger charge is 2.30. The number of carboxylic acids is 1. The summed E-state index contributed by atoms with van der Waals surface area (Å²) in [5.74, 6) is 1.09. The Morgan fingerprint density at radius 1 is 0.953 bits per heavy atom. The molecule has 0 saturated carbocycles. The summed E-state index contributed by atoms with van der Waals surface area (Å²) in [6, 6.07) is 20.6. The molecule has 3 aromatic heterocycles. The summed E-state index contributed by atoms with van der Waals surface area (Å²) < 4.78 is 49.6. The van der Waals surface area contributed by atoms with Crippen molar-refractivity contribution in [2.75, 3.05) is 60.6 Å². The van der Waals surface area contributed by atoms with Crippen LogP contribution in [0.15, 0.2) is 102 Å². The van der Waals surface area contributed by atoms with Gasteiger partial charge < -0.3 is 33.7 Å². The Labute approximate surface area is 379 Å². The van der Waals surface area contributed by atoms with Gasteiger partial charge in [0.25, 0.3) is 0 Å². The fourth-order valence-electron chi connectivity index (χ4n) is 7.91. The number of aromatic nitrogens is 4. The Bertz CT molecular complexity index is 2720. The molecule has 0 amide bonds. The average Bonchev–Trinajstić information content (AvgIpc) is 3.73. The van der Waals surface area contributed by atoms with E-state index in [4.69, 9.17) is 44.6 Å². The fraction of sp³-hybridized carbons (Fsp3) is 0.312. The quantitative estimate of drug-likeness (QED) is 0.0932. The largest absolute Gasteiger partial charge is 0.497 e. The number of rotatable bonds is 17. The van der Waals surface area contributed by atoms with Crippen molar-refractivity contribution < 1.29 is 38.0 Å². The van der Waals surface area contributed by atoms with Crippen LogP contribution in [0.25, 0.3) is 38.3 Å². The Kier molecular flexibility index (Phi) is 14.0. The minimum atomic E-state index is -1.35. The molecule has 13 nitrogen and oxygen atoms in total. The SMILES string of the molecule is COc1cccc(-c2ncc3snc(O[C@H](Cc4ccccc4OCc4ccnc(-c5cc(F)ccc5OC)n4)C(=O)O)c3c2C2=C(C)C(Cl)=C(OCCN3CCN(C)CC3)CC2)c1. The molecule has 64 heavy (non-hydrogen) atoms. The second kappa shape index (κ2) is 20.1. The number of carboxylic acid groups (broad SMARTS) is 1. The highest BCUT2D eigenvalue weighted by atomic mass is 35.5. The van der Waals surface area contributed by atoms with Gasteiger partial charge in [0.2, 0.25) is 12.0 Å². The van der Waals surface area contributed by atoms with Crippen LogP contribution in [0.1, 0.15) is 36.6 Å². The molecule has 16 heteroatoms. The summed E-state index contributed by atoms with van der Waals surface area (Å²) in [6.45, 7) is 7.43. The molecule has 0 radical (unpaired) electrons. The molecule has 332 valence electrons. The molecule has 1 atom stereocenters. The maximum absolute atomic E-state index is 14.2. The van der Waals surface area contributed by atoms with Crippen molar-refractivity contribution in [2.24, 2.45) is 0 Å². The van der Waals surface area contributed by atoms with Crippen LogP contribution in [0.5, 0.6) is 23.1 Å². The van der Waals surface area contributed by atoms with Crippen LogP contribution < -0.4 is 18.9 Å². The molecule has 1 saturated heterocycles. The van der Waals surface area contributed by atoms with Gasteiger partial charge in [-0.15, -0.1) is 0 Å². The number of pyridine rings is 1. The van der Waals surface area contributed by atoms with Crippen LogP contribution >= 0.6 is 23.1 Å². The van der Waals surface area contributed by atoms with Crippen molar-refractivity contribution in [2.45, 2.75) is 38.9 Å². The first-order valence-corrected chi connectivity index (χ1v) is 22.1. The fourth-order valence-corrected chi connectivity index (χ4v) is 8.87. The predicted octanol–water partition coefficient (Wildman–Crippen LogP) is 8.91. The first-order chi connectivity index (χ1) is 31.1. The summed E-state index contributed by atoms with van der Waals surface area (Å²) in [6.07, 6.45) is 3.06. The number of hydrogen-bond donors (Lipinski definition) is 1. The molecule has 1 fully saturated rings. The number of fused-ring (bicyclic) bond motifs is 1. The lowest BCUT2D eigenvalue weighted by Crippen LogP contribution is -2.45. The number of piperazine rings is 1. The first-order valence-electron chi connectivity index (χ1n) is 20.9. The minimum absolute atomic E-state index is 0.0252. The monoisotopic (exact) mass is 906 g/mol. The van der Waals surface area contributed by atoms with Crippen LogP contribution in [0.2, 0.25) is 0 Å². The number of para-hydroxylation sites is 1.